The highest BCUT2D eigenvalue weighted by molar-refractivity contribution is 6.33. The largest absolute Gasteiger partial charge is 0.349 e. The Balaban J connectivity index is 1.89. The van der Waals surface area contributed by atoms with E-state index in [4.69, 9.17) is 11.6 Å². The highest BCUT2D eigenvalue weighted by Gasteiger charge is 2.32. The van der Waals surface area contributed by atoms with Crippen LogP contribution in [0.5, 0.6) is 0 Å². The van der Waals surface area contributed by atoms with E-state index >= 15 is 0 Å². The number of amides is 1. The molecule has 1 aliphatic carbocycles. The van der Waals surface area contributed by atoms with Crippen LogP contribution in [0.25, 0.3) is 0 Å². The lowest BCUT2D eigenvalue weighted by Gasteiger charge is -2.39. The van der Waals surface area contributed by atoms with Gasteiger partial charge in [0.25, 0.3) is 5.91 Å². The second-order valence-corrected chi connectivity index (χ2v) is 7.13. The van der Waals surface area contributed by atoms with Crippen molar-refractivity contribution in [3.8, 4) is 0 Å². The summed E-state index contributed by atoms with van der Waals surface area (Å²) in [5.41, 5.74) is 0.923. The fourth-order valence-corrected chi connectivity index (χ4v) is 3.34. The first kappa shape index (κ1) is 16.3. The van der Waals surface area contributed by atoms with Gasteiger partial charge in [-0.2, -0.15) is 0 Å². The molecule has 3 nitrogen and oxygen atoms in total. The van der Waals surface area contributed by atoms with Crippen LogP contribution in [-0.2, 0) is 0 Å². The van der Waals surface area contributed by atoms with Crippen molar-refractivity contribution in [3.63, 3.8) is 0 Å². The number of aromatic nitrogens is 1. The Bertz CT molecular complexity index is 493. The van der Waals surface area contributed by atoms with Crippen molar-refractivity contribution in [1.29, 1.82) is 0 Å². The molecular formula is C17H25ClN2O. The first-order valence-corrected chi connectivity index (χ1v) is 8.22. The van der Waals surface area contributed by atoms with Crippen molar-refractivity contribution >= 4 is 17.5 Å². The number of carbonyl (C=O) groups excluding carboxylic acids is 1. The minimum Gasteiger partial charge on any atom is -0.349 e. The zero-order valence-corrected chi connectivity index (χ0v) is 13.9. The van der Waals surface area contributed by atoms with E-state index in [1.54, 1.807) is 12.3 Å². The molecule has 0 unspecified atom stereocenters. The Labute approximate surface area is 132 Å². The predicted octanol–water partition coefficient (Wildman–Crippen LogP) is 4.46. The SMILES string of the molecule is CCC(C)(C)C1CCC(NC(=O)c2ccncc2Cl)CC1. The Morgan fingerprint density at radius 1 is 1.38 bits per heavy atom. The lowest BCUT2D eigenvalue weighted by molar-refractivity contribution is 0.0893. The van der Waals surface area contributed by atoms with Gasteiger partial charge < -0.3 is 5.32 Å². The highest BCUT2D eigenvalue weighted by Crippen LogP contribution is 2.40. The minimum atomic E-state index is -0.0828. The number of pyridine rings is 1. The van der Waals surface area contributed by atoms with E-state index < -0.39 is 0 Å². The zero-order valence-electron chi connectivity index (χ0n) is 13.2. The molecule has 0 atom stereocenters. The van der Waals surface area contributed by atoms with Gasteiger partial charge in [0, 0.05) is 18.4 Å². The molecule has 1 aromatic heterocycles. The first-order valence-electron chi connectivity index (χ1n) is 7.84. The van der Waals surface area contributed by atoms with Gasteiger partial charge in [0.15, 0.2) is 0 Å². The molecule has 1 N–H and O–H groups in total. The molecule has 0 spiro atoms. The maximum absolute atomic E-state index is 12.2. The average Bonchev–Trinajstić information content (AvgIpc) is 2.48. The van der Waals surface area contributed by atoms with Gasteiger partial charge in [-0.1, -0.05) is 38.8 Å². The standard InChI is InChI=1S/C17H25ClN2O/c1-4-17(2,3)12-5-7-13(8-6-12)20-16(21)14-9-10-19-11-15(14)18/h9-13H,4-8H2,1-3H3,(H,20,21). The number of hydrogen-bond acceptors (Lipinski definition) is 2. The molecule has 1 aliphatic rings. The van der Waals surface area contributed by atoms with Gasteiger partial charge in [0.05, 0.1) is 10.6 Å². The summed E-state index contributed by atoms with van der Waals surface area (Å²) in [6.45, 7) is 6.97. The second kappa shape index (κ2) is 6.78. The van der Waals surface area contributed by atoms with Gasteiger partial charge in [-0.25, -0.2) is 0 Å². The van der Waals surface area contributed by atoms with E-state index in [9.17, 15) is 4.79 Å². The Hall–Kier alpha value is -1.09. The topological polar surface area (TPSA) is 42.0 Å². The van der Waals surface area contributed by atoms with Crippen LogP contribution in [0.4, 0.5) is 0 Å². The van der Waals surface area contributed by atoms with Gasteiger partial charge in [-0.05, 0) is 43.1 Å². The lowest BCUT2D eigenvalue weighted by atomic mass is 9.69. The number of hydrogen-bond donors (Lipinski definition) is 1. The molecule has 1 fully saturated rings. The molecule has 1 aromatic rings. The Morgan fingerprint density at radius 2 is 2.05 bits per heavy atom. The van der Waals surface area contributed by atoms with E-state index in [1.807, 2.05) is 0 Å². The summed E-state index contributed by atoms with van der Waals surface area (Å²) in [7, 11) is 0. The monoisotopic (exact) mass is 308 g/mol. The summed E-state index contributed by atoms with van der Waals surface area (Å²) in [5, 5.41) is 3.53. The number of rotatable bonds is 4. The third-order valence-corrected chi connectivity index (χ3v) is 5.40. The van der Waals surface area contributed by atoms with Crippen molar-refractivity contribution in [2.45, 2.75) is 58.9 Å². The molecule has 0 radical (unpaired) electrons. The van der Waals surface area contributed by atoms with E-state index in [0.717, 1.165) is 18.8 Å². The average molecular weight is 309 g/mol. The van der Waals surface area contributed by atoms with Crippen LogP contribution < -0.4 is 5.32 Å². The predicted molar refractivity (Wildman–Crippen MR) is 86.5 cm³/mol. The van der Waals surface area contributed by atoms with E-state index in [0.29, 0.717) is 16.0 Å². The van der Waals surface area contributed by atoms with Crippen LogP contribution in [-0.4, -0.2) is 16.9 Å². The quantitative estimate of drug-likeness (QED) is 0.892. The normalized spacial score (nSPS) is 22.9. The molecule has 2 rings (SSSR count). The number of halogens is 1. The van der Waals surface area contributed by atoms with Gasteiger partial charge in [0.2, 0.25) is 0 Å². The maximum Gasteiger partial charge on any atom is 0.253 e. The third kappa shape index (κ3) is 3.97. The molecule has 1 amide bonds. The van der Waals surface area contributed by atoms with E-state index in [1.165, 1.54) is 25.5 Å². The fourth-order valence-electron chi connectivity index (χ4n) is 3.13. The van der Waals surface area contributed by atoms with Gasteiger partial charge in [0.1, 0.15) is 0 Å². The molecule has 0 aliphatic heterocycles. The van der Waals surface area contributed by atoms with Gasteiger partial charge in [-0.3, -0.25) is 9.78 Å². The van der Waals surface area contributed by atoms with Crippen LogP contribution in [0.3, 0.4) is 0 Å². The fraction of sp³-hybridized carbons (Fsp3) is 0.647. The van der Waals surface area contributed by atoms with Crippen LogP contribution in [0, 0.1) is 11.3 Å². The summed E-state index contributed by atoms with van der Waals surface area (Å²) < 4.78 is 0. The third-order valence-electron chi connectivity index (χ3n) is 5.10. The number of nitrogens with one attached hydrogen (secondary N) is 1. The summed E-state index contributed by atoms with van der Waals surface area (Å²) in [6, 6.07) is 1.94. The van der Waals surface area contributed by atoms with Crippen molar-refractivity contribution in [2.75, 3.05) is 0 Å². The summed E-state index contributed by atoms with van der Waals surface area (Å²) in [4.78, 5) is 16.2. The Kier molecular flexibility index (Phi) is 5.26. The molecule has 0 saturated heterocycles. The van der Waals surface area contributed by atoms with Crippen molar-refractivity contribution < 1.29 is 4.79 Å². The van der Waals surface area contributed by atoms with Crippen LogP contribution in [0.2, 0.25) is 5.02 Å². The second-order valence-electron chi connectivity index (χ2n) is 6.72. The van der Waals surface area contributed by atoms with E-state index in [-0.39, 0.29) is 11.9 Å². The first-order chi connectivity index (χ1) is 9.94. The molecular weight excluding hydrogens is 284 g/mol. The highest BCUT2D eigenvalue weighted by atomic mass is 35.5. The molecule has 116 valence electrons. The molecule has 1 heterocycles. The minimum absolute atomic E-state index is 0.0828. The van der Waals surface area contributed by atoms with Crippen molar-refractivity contribution in [1.82, 2.24) is 10.3 Å². The summed E-state index contributed by atoms with van der Waals surface area (Å²) >= 11 is 6.02. The van der Waals surface area contributed by atoms with Gasteiger partial charge >= 0.3 is 0 Å². The van der Waals surface area contributed by atoms with Crippen LogP contribution in [0.15, 0.2) is 18.5 Å². The Morgan fingerprint density at radius 3 is 2.62 bits per heavy atom. The summed E-state index contributed by atoms with van der Waals surface area (Å²) in [5.74, 6) is 0.681. The van der Waals surface area contributed by atoms with Gasteiger partial charge in [-0.15, -0.1) is 0 Å². The lowest BCUT2D eigenvalue weighted by Crippen LogP contribution is -2.40. The smallest absolute Gasteiger partial charge is 0.253 e. The number of nitrogens with zero attached hydrogens (tertiary/aromatic N) is 1. The zero-order chi connectivity index (χ0) is 15.5. The van der Waals surface area contributed by atoms with E-state index in [2.05, 4.69) is 31.1 Å². The van der Waals surface area contributed by atoms with Crippen molar-refractivity contribution in [2.24, 2.45) is 11.3 Å². The molecule has 0 bridgehead atoms. The number of carbonyl (C=O) groups is 1. The molecule has 4 heteroatoms. The molecule has 21 heavy (non-hydrogen) atoms. The molecule has 0 aromatic carbocycles. The maximum atomic E-state index is 12.2. The molecule has 1 saturated carbocycles. The van der Waals surface area contributed by atoms with Crippen LogP contribution >= 0.6 is 11.6 Å². The van der Waals surface area contributed by atoms with Crippen LogP contribution in [0.1, 0.15) is 63.2 Å². The summed E-state index contributed by atoms with van der Waals surface area (Å²) in [6.07, 6.45) is 8.82. The van der Waals surface area contributed by atoms with Crippen molar-refractivity contribution in [3.05, 3.63) is 29.0 Å².